The summed E-state index contributed by atoms with van der Waals surface area (Å²) in [5.41, 5.74) is 1.28. The van der Waals surface area contributed by atoms with Crippen molar-refractivity contribution in [2.75, 3.05) is 26.2 Å². The molecular formula is C17H26BrCl2N3O2. The van der Waals surface area contributed by atoms with Gasteiger partial charge in [0.1, 0.15) is 0 Å². The summed E-state index contributed by atoms with van der Waals surface area (Å²) in [6.45, 7) is 4.04. The van der Waals surface area contributed by atoms with E-state index in [9.17, 15) is 10.1 Å². The van der Waals surface area contributed by atoms with Crippen molar-refractivity contribution >= 4 is 46.4 Å². The van der Waals surface area contributed by atoms with Crippen molar-refractivity contribution in [3.05, 3.63) is 38.3 Å². The largest absolute Gasteiger partial charge is 0.314 e. The van der Waals surface area contributed by atoms with Crippen molar-refractivity contribution < 1.29 is 4.92 Å². The number of hydrogen-bond acceptors (Lipinski definition) is 4. The summed E-state index contributed by atoms with van der Waals surface area (Å²) in [5.74, 6) is 0.614. The summed E-state index contributed by atoms with van der Waals surface area (Å²) in [7, 11) is 0. The number of nitro benzene ring substituents is 1. The molecule has 0 amide bonds. The lowest BCUT2D eigenvalue weighted by molar-refractivity contribution is -0.385. The molecule has 0 aromatic heterocycles. The van der Waals surface area contributed by atoms with Crippen molar-refractivity contribution in [1.29, 1.82) is 0 Å². The van der Waals surface area contributed by atoms with Gasteiger partial charge in [0, 0.05) is 38.3 Å². The monoisotopic (exact) mass is 453 g/mol. The highest BCUT2D eigenvalue weighted by atomic mass is 79.9. The Kier molecular flexibility index (Phi) is 9.67. The maximum atomic E-state index is 11.3. The molecule has 0 spiro atoms. The highest BCUT2D eigenvalue weighted by Gasteiger charge is 2.32. The van der Waals surface area contributed by atoms with E-state index >= 15 is 0 Å². The lowest BCUT2D eigenvalue weighted by atomic mass is 9.80. The van der Waals surface area contributed by atoms with Gasteiger partial charge in [0.05, 0.1) is 9.40 Å². The predicted octanol–water partition coefficient (Wildman–Crippen LogP) is 4.73. The summed E-state index contributed by atoms with van der Waals surface area (Å²) in [6, 6.07) is 6.00. The normalized spacial score (nSPS) is 20.2. The Labute approximate surface area is 170 Å². The molecule has 0 bridgehead atoms. The highest BCUT2D eigenvalue weighted by Crippen LogP contribution is 2.40. The maximum absolute atomic E-state index is 11.3. The minimum Gasteiger partial charge on any atom is -0.314 e. The van der Waals surface area contributed by atoms with Crippen LogP contribution in [0.4, 0.5) is 5.69 Å². The standard InChI is InChI=1S/C17H24BrN3O2.2ClH/c18-15-7-6-14(12-16(15)21(22)23)17(13-4-2-1-3-5-13)20-10-8-19-9-11-20;;/h6-7,12-13,17,19H,1-5,8-11H2;2*1H/t17-;;/m0../s1. The third-order valence-corrected chi connectivity index (χ3v) is 5.82. The zero-order valence-corrected chi connectivity index (χ0v) is 17.4. The summed E-state index contributed by atoms with van der Waals surface area (Å²) in [6.07, 6.45) is 6.36. The predicted molar refractivity (Wildman–Crippen MR) is 109 cm³/mol. The average Bonchev–Trinajstić information content (AvgIpc) is 2.58. The van der Waals surface area contributed by atoms with Gasteiger partial charge in [-0.05, 0) is 46.3 Å². The third-order valence-electron chi connectivity index (χ3n) is 5.15. The van der Waals surface area contributed by atoms with Crippen LogP contribution in [0, 0.1) is 16.0 Å². The van der Waals surface area contributed by atoms with Crippen LogP contribution in [-0.4, -0.2) is 36.0 Å². The van der Waals surface area contributed by atoms with Gasteiger partial charge in [0.2, 0.25) is 0 Å². The van der Waals surface area contributed by atoms with Gasteiger partial charge in [-0.2, -0.15) is 0 Å². The van der Waals surface area contributed by atoms with Gasteiger partial charge >= 0.3 is 0 Å². The van der Waals surface area contributed by atoms with Crippen molar-refractivity contribution in [1.82, 2.24) is 10.2 Å². The van der Waals surface area contributed by atoms with Crippen LogP contribution in [0.2, 0.25) is 0 Å². The van der Waals surface area contributed by atoms with Crippen molar-refractivity contribution in [2.24, 2.45) is 5.92 Å². The molecule has 1 aromatic rings. The first-order valence-corrected chi connectivity index (χ1v) is 9.35. The number of benzene rings is 1. The van der Waals surface area contributed by atoms with Crippen LogP contribution >= 0.6 is 40.7 Å². The number of hydrogen-bond donors (Lipinski definition) is 1. The van der Waals surface area contributed by atoms with E-state index < -0.39 is 0 Å². The smallest absolute Gasteiger partial charge is 0.283 e. The van der Waals surface area contributed by atoms with Gasteiger partial charge in [-0.25, -0.2) is 0 Å². The summed E-state index contributed by atoms with van der Waals surface area (Å²) < 4.78 is 0.564. The van der Waals surface area contributed by atoms with Crippen LogP contribution < -0.4 is 5.32 Å². The zero-order chi connectivity index (χ0) is 16.2. The first-order chi connectivity index (χ1) is 11.2. The van der Waals surface area contributed by atoms with Crippen LogP contribution in [0.15, 0.2) is 22.7 Å². The second-order valence-electron chi connectivity index (χ2n) is 6.60. The highest BCUT2D eigenvalue weighted by molar-refractivity contribution is 9.10. The molecule has 2 fully saturated rings. The molecule has 3 rings (SSSR count). The molecule has 1 N–H and O–H groups in total. The fraction of sp³-hybridized carbons (Fsp3) is 0.647. The number of nitrogens with one attached hydrogen (secondary N) is 1. The van der Waals surface area contributed by atoms with Crippen molar-refractivity contribution in [2.45, 2.75) is 38.1 Å². The number of nitro groups is 1. The molecule has 5 nitrogen and oxygen atoms in total. The van der Waals surface area contributed by atoms with E-state index in [1.807, 2.05) is 6.07 Å². The summed E-state index contributed by atoms with van der Waals surface area (Å²) in [4.78, 5) is 13.5. The topological polar surface area (TPSA) is 58.4 Å². The minimum atomic E-state index is -0.288. The fourth-order valence-corrected chi connectivity index (χ4v) is 4.44. The molecule has 0 radical (unpaired) electrons. The second-order valence-corrected chi connectivity index (χ2v) is 7.45. The van der Waals surface area contributed by atoms with Crippen LogP contribution in [-0.2, 0) is 0 Å². The fourth-order valence-electron chi connectivity index (χ4n) is 4.04. The molecule has 1 aromatic carbocycles. The van der Waals surface area contributed by atoms with E-state index in [-0.39, 0.29) is 35.4 Å². The molecule has 1 atom stereocenters. The number of rotatable bonds is 4. The molecule has 1 saturated heterocycles. The van der Waals surface area contributed by atoms with Gasteiger partial charge in [-0.1, -0.05) is 25.3 Å². The SMILES string of the molecule is Cl.Cl.O=[N+]([O-])c1cc([C@H](C2CCCCC2)N2CCNCC2)ccc1Br. The first kappa shape index (κ1) is 22.6. The Morgan fingerprint density at radius 1 is 1.16 bits per heavy atom. The van der Waals surface area contributed by atoms with Crippen LogP contribution in [0.5, 0.6) is 0 Å². The Morgan fingerprint density at radius 3 is 2.40 bits per heavy atom. The number of nitrogens with zero attached hydrogens (tertiary/aromatic N) is 2. The molecule has 2 aliphatic rings. The molecule has 1 heterocycles. The molecule has 1 aliphatic heterocycles. The van der Waals surface area contributed by atoms with Crippen LogP contribution in [0.3, 0.4) is 0 Å². The average molecular weight is 455 g/mol. The molecule has 1 saturated carbocycles. The molecule has 0 unspecified atom stereocenters. The molecular weight excluding hydrogens is 429 g/mol. The van der Waals surface area contributed by atoms with Crippen molar-refractivity contribution in [3.63, 3.8) is 0 Å². The zero-order valence-electron chi connectivity index (χ0n) is 14.2. The van der Waals surface area contributed by atoms with E-state index in [0.717, 1.165) is 31.7 Å². The third kappa shape index (κ3) is 5.54. The first-order valence-electron chi connectivity index (χ1n) is 8.55. The van der Waals surface area contributed by atoms with Gasteiger partial charge in [-0.3, -0.25) is 15.0 Å². The van der Waals surface area contributed by atoms with Gasteiger partial charge in [0.15, 0.2) is 0 Å². The number of piperazine rings is 1. The summed E-state index contributed by atoms with van der Waals surface area (Å²) >= 11 is 3.31. The van der Waals surface area contributed by atoms with Gasteiger partial charge < -0.3 is 5.32 Å². The Hall–Kier alpha value is -0.400. The second kappa shape index (κ2) is 10.7. The Balaban J connectivity index is 0.00000156. The van der Waals surface area contributed by atoms with E-state index in [0.29, 0.717) is 16.4 Å². The Bertz CT molecular complexity index is 547. The van der Waals surface area contributed by atoms with E-state index in [1.54, 1.807) is 6.07 Å². The number of halogens is 3. The lowest BCUT2D eigenvalue weighted by Gasteiger charge is -2.41. The quantitative estimate of drug-likeness (QED) is 0.527. The van der Waals surface area contributed by atoms with Crippen LogP contribution in [0.1, 0.15) is 43.7 Å². The summed E-state index contributed by atoms with van der Waals surface area (Å²) in [5, 5.41) is 14.7. The molecule has 8 heteroatoms. The van der Waals surface area contributed by atoms with E-state index in [4.69, 9.17) is 0 Å². The van der Waals surface area contributed by atoms with E-state index in [1.165, 1.54) is 32.1 Å². The van der Waals surface area contributed by atoms with Crippen LogP contribution in [0.25, 0.3) is 0 Å². The van der Waals surface area contributed by atoms with Crippen molar-refractivity contribution in [3.8, 4) is 0 Å². The molecule has 142 valence electrons. The molecule has 1 aliphatic carbocycles. The Morgan fingerprint density at radius 2 is 1.80 bits per heavy atom. The maximum Gasteiger partial charge on any atom is 0.283 e. The van der Waals surface area contributed by atoms with Gasteiger partial charge in [-0.15, -0.1) is 24.8 Å². The molecule has 25 heavy (non-hydrogen) atoms. The van der Waals surface area contributed by atoms with Gasteiger partial charge in [0.25, 0.3) is 5.69 Å². The lowest BCUT2D eigenvalue weighted by Crippen LogP contribution is -2.47. The van der Waals surface area contributed by atoms with E-state index in [2.05, 4.69) is 32.2 Å². The minimum absolute atomic E-state index is 0.